The van der Waals surface area contributed by atoms with Crippen molar-refractivity contribution < 1.29 is 9.53 Å². The molecule has 0 saturated heterocycles. The van der Waals surface area contributed by atoms with Crippen LogP contribution in [0, 0.1) is 0 Å². The van der Waals surface area contributed by atoms with Crippen LogP contribution in [0.15, 0.2) is 18.2 Å². The predicted molar refractivity (Wildman–Crippen MR) is 77.6 cm³/mol. The average molecular weight is 285 g/mol. The third-order valence-corrected chi connectivity index (χ3v) is 2.78. The van der Waals surface area contributed by atoms with E-state index in [1.807, 2.05) is 12.1 Å². The van der Waals surface area contributed by atoms with Gasteiger partial charge in [0.1, 0.15) is 5.75 Å². The summed E-state index contributed by atoms with van der Waals surface area (Å²) in [7, 11) is 1.57. The molecule has 2 N–H and O–H groups in total. The molecular formula is C14H21ClN2O2. The number of likely N-dealkylation sites (N-methyl/N-ethyl adjacent to an activating group) is 1. The number of para-hydroxylation sites is 1. The Morgan fingerprint density at radius 2 is 2.05 bits per heavy atom. The number of carbonyl (C=O) groups is 1. The summed E-state index contributed by atoms with van der Waals surface area (Å²) in [6.45, 7) is 6.85. The summed E-state index contributed by atoms with van der Waals surface area (Å²) < 4.78 is 5.50. The van der Waals surface area contributed by atoms with Gasteiger partial charge in [0.25, 0.3) is 5.91 Å². The largest absolute Gasteiger partial charge is 0.482 e. The van der Waals surface area contributed by atoms with Crippen LogP contribution in [0.5, 0.6) is 5.75 Å². The molecule has 0 heterocycles. The van der Waals surface area contributed by atoms with Crippen molar-refractivity contribution in [1.29, 1.82) is 0 Å². The Kier molecular flexibility index (Phi) is 5.63. The second-order valence-corrected chi connectivity index (χ2v) is 5.70. The molecule has 0 radical (unpaired) electrons. The normalized spacial score (nSPS) is 11.2. The molecule has 106 valence electrons. The summed E-state index contributed by atoms with van der Waals surface area (Å²) in [4.78, 5) is 11.2. The first-order chi connectivity index (χ1) is 8.83. The maximum absolute atomic E-state index is 11.2. The minimum Gasteiger partial charge on any atom is -0.482 e. The fraction of sp³-hybridized carbons (Fsp3) is 0.500. The van der Waals surface area contributed by atoms with Crippen LogP contribution in [0.2, 0.25) is 5.02 Å². The monoisotopic (exact) mass is 284 g/mol. The van der Waals surface area contributed by atoms with E-state index in [2.05, 4.69) is 31.4 Å². The molecule has 0 atom stereocenters. The molecule has 0 aromatic heterocycles. The molecule has 0 spiro atoms. The van der Waals surface area contributed by atoms with E-state index in [-0.39, 0.29) is 18.1 Å². The van der Waals surface area contributed by atoms with Crippen molar-refractivity contribution in [2.24, 2.45) is 0 Å². The quantitative estimate of drug-likeness (QED) is 0.873. The van der Waals surface area contributed by atoms with Gasteiger partial charge in [-0.2, -0.15) is 0 Å². The number of hydrogen-bond acceptors (Lipinski definition) is 3. The zero-order valence-corrected chi connectivity index (χ0v) is 12.6. The molecule has 0 unspecified atom stereocenters. The Hall–Kier alpha value is -1.26. The van der Waals surface area contributed by atoms with Crippen molar-refractivity contribution in [1.82, 2.24) is 10.6 Å². The second-order valence-electron chi connectivity index (χ2n) is 5.29. The Labute approximate surface area is 119 Å². The van der Waals surface area contributed by atoms with Crippen LogP contribution in [0.1, 0.15) is 26.3 Å². The number of ether oxygens (including phenoxy) is 1. The van der Waals surface area contributed by atoms with Crippen LogP contribution >= 0.6 is 11.6 Å². The lowest BCUT2D eigenvalue weighted by molar-refractivity contribution is -0.122. The number of carbonyl (C=O) groups excluding carboxylic acids is 1. The molecule has 0 saturated carbocycles. The molecule has 0 aliphatic rings. The maximum atomic E-state index is 11.2. The maximum Gasteiger partial charge on any atom is 0.257 e. The lowest BCUT2D eigenvalue weighted by Crippen LogP contribution is -2.35. The number of rotatable bonds is 5. The SMILES string of the molecule is CNC(=O)COc1c(Cl)cccc1CNC(C)(C)C. The summed E-state index contributed by atoms with van der Waals surface area (Å²) >= 11 is 6.12. The fourth-order valence-electron chi connectivity index (χ4n) is 1.42. The van der Waals surface area contributed by atoms with E-state index in [1.165, 1.54) is 0 Å². The summed E-state index contributed by atoms with van der Waals surface area (Å²) in [5, 5.41) is 6.39. The summed E-state index contributed by atoms with van der Waals surface area (Å²) in [5.41, 5.74) is 0.937. The molecule has 1 rings (SSSR count). The van der Waals surface area contributed by atoms with E-state index in [0.29, 0.717) is 17.3 Å². The molecule has 5 heteroatoms. The van der Waals surface area contributed by atoms with E-state index < -0.39 is 0 Å². The van der Waals surface area contributed by atoms with Crippen LogP contribution in [-0.4, -0.2) is 25.1 Å². The molecule has 1 aromatic rings. The van der Waals surface area contributed by atoms with Crippen LogP contribution in [-0.2, 0) is 11.3 Å². The zero-order valence-electron chi connectivity index (χ0n) is 11.8. The number of benzene rings is 1. The first-order valence-corrected chi connectivity index (χ1v) is 6.57. The molecule has 0 aliphatic carbocycles. The molecule has 19 heavy (non-hydrogen) atoms. The second kappa shape index (κ2) is 6.78. The standard InChI is InChI=1S/C14H21ClN2O2/c1-14(2,3)17-8-10-6-5-7-11(15)13(10)19-9-12(18)16-4/h5-7,17H,8-9H2,1-4H3,(H,16,18). The van der Waals surface area contributed by atoms with Gasteiger partial charge in [0.05, 0.1) is 5.02 Å². The van der Waals surface area contributed by atoms with Crippen LogP contribution in [0.25, 0.3) is 0 Å². The zero-order chi connectivity index (χ0) is 14.5. The van der Waals surface area contributed by atoms with Crippen LogP contribution < -0.4 is 15.4 Å². The Morgan fingerprint density at radius 3 is 2.63 bits per heavy atom. The summed E-state index contributed by atoms with van der Waals surface area (Å²) in [6.07, 6.45) is 0. The van der Waals surface area contributed by atoms with Gasteiger partial charge in [0.2, 0.25) is 0 Å². The predicted octanol–water partition coefficient (Wildman–Crippen LogP) is 2.35. The topological polar surface area (TPSA) is 50.4 Å². The number of halogens is 1. The molecule has 1 aromatic carbocycles. The number of amides is 1. The van der Waals surface area contributed by atoms with Crippen molar-refractivity contribution >= 4 is 17.5 Å². The Morgan fingerprint density at radius 1 is 1.37 bits per heavy atom. The first-order valence-electron chi connectivity index (χ1n) is 6.19. The lowest BCUT2D eigenvalue weighted by Gasteiger charge is -2.22. The molecule has 0 aliphatic heterocycles. The van der Waals surface area contributed by atoms with Gasteiger partial charge in [-0.3, -0.25) is 4.79 Å². The highest BCUT2D eigenvalue weighted by atomic mass is 35.5. The van der Waals surface area contributed by atoms with Gasteiger partial charge in [-0.25, -0.2) is 0 Å². The smallest absolute Gasteiger partial charge is 0.257 e. The molecular weight excluding hydrogens is 264 g/mol. The van der Waals surface area contributed by atoms with Crippen molar-refractivity contribution in [3.05, 3.63) is 28.8 Å². The van der Waals surface area contributed by atoms with Gasteiger partial charge in [-0.05, 0) is 26.8 Å². The van der Waals surface area contributed by atoms with Gasteiger partial charge in [0.15, 0.2) is 6.61 Å². The van der Waals surface area contributed by atoms with E-state index in [4.69, 9.17) is 16.3 Å². The summed E-state index contributed by atoms with van der Waals surface area (Å²) in [5.74, 6) is 0.374. The van der Waals surface area contributed by atoms with Gasteiger partial charge in [-0.1, -0.05) is 23.7 Å². The third kappa shape index (κ3) is 5.49. The highest BCUT2D eigenvalue weighted by Crippen LogP contribution is 2.28. The molecule has 1 amide bonds. The van der Waals surface area contributed by atoms with Gasteiger partial charge in [-0.15, -0.1) is 0 Å². The van der Waals surface area contributed by atoms with Crippen LogP contribution in [0.3, 0.4) is 0 Å². The molecule has 4 nitrogen and oxygen atoms in total. The van der Waals surface area contributed by atoms with E-state index >= 15 is 0 Å². The number of hydrogen-bond donors (Lipinski definition) is 2. The molecule has 0 fully saturated rings. The van der Waals surface area contributed by atoms with E-state index in [1.54, 1.807) is 13.1 Å². The van der Waals surface area contributed by atoms with Crippen molar-refractivity contribution in [3.63, 3.8) is 0 Å². The van der Waals surface area contributed by atoms with Gasteiger partial charge >= 0.3 is 0 Å². The average Bonchev–Trinajstić information content (AvgIpc) is 2.33. The minimum absolute atomic E-state index is 0.000378. The van der Waals surface area contributed by atoms with E-state index in [9.17, 15) is 4.79 Å². The highest BCUT2D eigenvalue weighted by molar-refractivity contribution is 6.32. The summed E-state index contributed by atoms with van der Waals surface area (Å²) in [6, 6.07) is 5.56. The number of nitrogens with one attached hydrogen (secondary N) is 2. The van der Waals surface area contributed by atoms with Crippen molar-refractivity contribution in [2.75, 3.05) is 13.7 Å². The third-order valence-electron chi connectivity index (χ3n) is 2.48. The molecule has 0 bridgehead atoms. The van der Waals surface area contributed by atoms with Crippen LogP contribution in [0.4, 0.5) is 0 Å². The minimum atomic E-state index is -0.186. The fourth-order valence-corrected chi connectivity index (χ4v) is 1.67. The Balaban J connectivity index is 2.80. The van der Waals surface area contributed by atoms with E-state index in [0.717, 1.165) is 5.56 Å². The first kappa shape index (κ1) is 15.8. The van der Waals surface area contributed by atoms with Crippen molar-refractivity contribution in [3.8, 4) is 5.75 Å². The van der Waals surface area contributed by atoms with Gasteiger partial charge in [0, 0.05) is 24.7 Å². The lowest BCUT2D eigenvalue weighted by atomic mass is 10.1. The Bertz CT molecular complexity index is 442. The highest BCUT2D eigenvalue weighted by Gasteiger charge is 2.13. The van der Waals surface area contributed by atoms with Crippen molar-refractivity contribution in [2.45, 2.75) is 32.9 Å². The van der Waals surface area contributed by atoms with Gasteiger partial charge < -0.3 is 15.4 Å².